The number of amides is 1. The van der Waals surface area contributed by atoms with E-state index in [0.29, 0.717) is 5.69 Å². The maximum atomic E-state index is 13.7. The molecule has 5 nitrogen and oxygen atoms in total. The second-order valence-corrected chi connectivity index (χ2v) is 8.41. The number of halogens is 2. The van der Waals surface area contributed by atoms with Crippen molar-refractivity contribution >= 4 is 44.2 Å². The second kappa shape index (κ2) is 8.04. The van der Waals surface area contributed by atoms with E-state index in [1.807, 2.05) is 12.1 Å². The van der Waals surface area contributed by atoms with Crippen LogP contribution in [-0.4, -0.2) is 31.4 Å². The van der Waals surface area contributed by atoms with E-state index in [0.717, 1.165) is 14.1 Å². The third kappa shape index (κ3) is 5.53. The molecular weight excluding hydrogens is 446 g/mol. The van der Waals surface area contributed by atoms with Crippen molar-refractivity contribution in [3.8, 4) is 0 Å². The molecule has 0 atom stereocenters. The number of sulfonamides is 1. The minimum Gasteiger partial charge on any atom is -0.325 e. The van der Waals surface area contributed by atoms with Crippen LogP contribution < -0.4 is 5.32 Å². The van der Waals surface area contributed by atoms with Crippen molar-refractivity contribution in [3.05, 3.63) is 63.5 Å². The summed E-state index contributed by atoms with van der Waals surface area (Å²) in [6, 6.07) is 13.0. The van der Waals surface area contributed by atoms with Gasteiger partial charge in [-0.2, -0.15) is 4.31 Å². The topological polar surface area (TPSA) is 66.5 Å². The first-order chi connectivity index (χ1) is 11.3. The molecule has 0 bridgehead atoms. The first kappa shape index (κ1) is 18.8. The molecule has 2 aromatic carbocycles. The van der Waals surface area contributed by atoms with Gasteiger partial charge in [-0.25, -0.2) is 12.8 Å². The van der Waals surface area contributed by atoms with Crippen LogP contribution in [0.3, 0.4) is 0 Å². The summed E-state index contributed by atoms with van der Waals surface area (Å²) in [4.78, 5) is 12.1. The van der Waals surface area contributed by atoms with Gasteiger partial charge in [-0.3, -0.25) is 4.79 Å². The summed E-state index contributed by atoms with van der Waals surface area (Å²) < 4.78 is 39.5. The fourth-order valence-electron chi connectivity index (χ4n) is 2.00. The molecule has 0 aliphatic rings. The van der Waals surface area contributed by atoms with Crippen molar-refractivity contribution in [1.29, 1.82) is 0 Å². The molecule has 0 heterocycles. The molecule has 0 unspecified atom stereocenters. The zero-order valence-electron chi connectivity index (χ0n) is 12.9. The Hall–Kier alpha value is -1.52. The molecule has 0 spiro atoms. The maximum absolute atomic E-state index is 13.7. The molecule has 0 aliphatic carbocycles. The summed E-state index contributed by atoms with van der Waals surface area (Å²) in [5.41, 5.74) is 0.782. The van der Waals surface area contributed by atoms with Crippen LogP contribution in [0.25, 0.3) is 0 Å². The quantitative estimate of drug-likeness (QED) is 0.672. The van der Waals surface area contributed by atoms with E-state index in [-0.39, 0.29) is 18.7 Å². The molecule has 24 heavy (non-hydrogen) atoms. The largest absolute Gasteiger partial charge is 0.325 e. The highest BCUT2D eigenvalue weighted by molar-refractivity contribution is 14.1. The molecule has 8 heteroatoms. The van der Waals surface area contributed by atoms with Gasteiger partial charge in [0.15, 0.2) is 0 Å². The molecule has 1 amide bonds. The highest BCUT2D eigenvalue weighted by Crippen LogP contribution is 2.14. The van der Waals surface area contributed by atoms with Gasteiger partial charge in [0, 0.05) is 21.4 Å². The number of rotatable bonds is 6. The molecule has 0 aromatic heterocycles. The van der Waals surface area contributed by atoms with E-state index in [4.69, 9.17) is 0 Å². The van der Waals surface area contributed by atoms with Crippen molar-refractivity contribution in [2.75, 3.05) is 18.1 Å². The number of carbonyl (C=O) groups is 1. The average Bonchev–Trinajstić information content (AvgIpc) is 2.50. The summed E-state index contributed by atoms with van der Waals surface area (Å²) in [6.07, 6.45) is 0.992. The fourth-order valence-corrected chi connectivity index (χ4v) is 3.09. The zero-order chi connectivity index (χ0) is 17.7. The highest BCUT2D eigenvalue weighted by Gasteiger charge is 2.21. The van der Waals surface area contributed by atoms with E-state index in [1.165, 1.54) is 18.2 Å². The number of hydrogen-bond donors (Lipinski definition) is 1. The summed E-state index contributed by atoms with van der Waals surface area (Å²) >= 11 is 2.14. The Balaban J connectivity index is 2.10. The monoisotopic (exact) mass is 462 g/mol. The van der Waals surface area contributed by atoms with E-state index in [2.05, 4.69) is 27.9 Å². The lowest BCUT2D eigenvalue weighted by Crippen LogP contribution is -2.37. The first-order valence-corrected chi connectivity index (χ1v) is 9.92. The molecule has 2 aromatic rings. The van der Waals surface area contributed by atoms with Crippen molar-refractivity contribution < 1.29 is 17.6 Å². The first-order valence-electron chi connectivity index (χ1n) is 6.99. The lowest BCUT2D eigenvalue weighted by molar-refractivity contribution is -0.116. The van der Waals surface area contributed by atoms with E-state index in [9.17, 15) is 17.6 Å². The van der Waals surface area contributed by atoms with Crippen molar-refractivity contribution in [2.45, 2.75) is 6.54 Å². The predicted molar refractivity (Wildman–Crippen MR) is 99.4 cm³/mol. The minimum absolute atomic E-state index is 0.203. The molecule has 0 saturated carbocycles. The summed E-state index contributed by atoms with van der Waals surface area (Å²) in [6.45, 7) is -0.592. The van der Waals surface area contributed by atoms with Gasteiger partial charge >= 0.3 is 0 Å². The average molecular weight is 462 g/mol. The summed E-state index contributed by atoms with van der Waals surface area (Å²) in [7, 11) is -3.67. The summed E-state index contributed by atoms with van der Waals surface area (Å²) in [5, 5.41) is 2.63. The minimum atomic E-state index is -3.67. The molecule has 0 aliphatic heterocycles. The summed E-state index contributed by atoms with van der Waals surface area (Å²) in [5.74, 6) is -0.998. The number of anilines is 1. The van der Waals surface area contributed by atoms with E-state index in [1.54, 1.807) is 18.2 Å². The smallest absolute Gasteiger partial charge is 0.239 e. The van der Waals surface area contributed by atoms with Gasteiger partial charge in [-0.1, -0.05) is 18.2 Å². The number of nitrogens with zero attached hydrogens (tertiary/aromatic N) is 1. The van der Waals surface area contributed by atoms with Crippen LogP contribution in [0.5, 0.6) is 0 Å². The van der Waals surface area contributed by atoms with Gasteiger partial charge in [-0.05, 0) is 52.9 Å². The van der Waals surface area contributed by atoms with E-state index < -0.39 is 21.7 Å². The lowest BCUT2D eigenvalue weighted by Gasteiger charge is -2.20. The standard InChI is InChI=1S/C16H16FIN2O3S/c1-24(22,23)20(10-12-4-2-3-5-15(12)17)11-16(21)19-14-8-6-13(18)7-9-14/h2-9H,10-11H2,1H3,(H,19,21). The molecular formula is C16H16FIN2O3S. The Morgan fingerprint density at radius 2 is 1.79 bits per heavy atom. The van der Waals surface area contributed by atoms with Crippen molar-refractivity contribution in [1.82, 2.24) is 4.31 Å². The Labute approximate surface area is 154 Å². The molecule has 128 valence electrons. The van der Waals surface area contributed by atoms with Crippen LogP contribution >= 0.6 is 22.6 Å². The van der Waals surface area contributed by atoms with Gasteiger partial charge in [0.05, 0.1) is 12.8 Å². The molecule has 0 radical (unpaired) electrons. The van der Waals surface area contributed by atoms with Crippen LogP contribution in [0.15, 0.2) is 48.5 Å². The SMILES string of the molecule is CS(=O)(=O)N(CC(=O)Nc1ccc(I)cc1)Cc1ccccc1F. The second-order valence-electron chi connectivity index (χ2n) is 5.18. The molecule has 0 saturated heterocycles. The van der Waals surface area contributed by atoms with Gasteiger partial charge < -0.3 is 5.32 Å². The van der Waals surface area contributed by atoms with Gasteiger partial charge in [-0.15, -0.1) is 0 Å². The Morgan fingerprint density at radius 1 is 1.17 bits per heavy atom. The third-order valence-corrected chi connectivity index (χ3v) is 5.14. The van der Waals surface area contributed by atoms with Gasteiger partial charge in [0.1, 0.15) is 5.82 Å². The fraction of sp³-hybridized carbons (Fsp3) is 0.188. The number of benzene rings is 2. The predicted octanol–water partition coefficient (Wildman–Crippen LogP) is 2.83. The molecule has 0 fully saturated rings. The lowest BCUT2D eigenvalue weighted by atomic mass is 10.2. The zero-order valence-corrected chi connectivity index (χ0v) is 15.8. The molecule has 1 N–H and O–H groups in total. The normalized spacial score (nSPS) is 11.5. The van der Waals surface area contributed by atoms with Gasteiger partial charge in [0.25, 0.3) is 0 Å². The Morgan fingerprint density at radius 3 is 2.38 bits per heavy atom. The Kier molecular flexibility index (Phi) is 6.30. The van der Waals surface area contributed by atoms with Crippen LogP contribution in [0.1, 0.15) is 5.56 Å². The number of carbonyl (C=O) groups excluding carboxylic acids is 1. The maximum Gasteiger partial charge on any atom is 0.239 e. The van der Waals surface area contributed by atoms with Crippen molar-refractivity contribution in [2.24, 2.45) is 0 Å². The van der Waals surface area contributed by atoms with Gasteiger partial charge in [0.2, 0.25) is 15.9 Å². The third-order valence-electron chi connectivity index (χ3n) is 3.22. The number of nitrogens with one attached hydrogen (secondary N) is 1. The van der Waals surface area contributed by atoms with E-state index >= 15 is 0 Å². The van der Waals surface area contributed by atoms with Crippen molar-refractivity contribution in [3.63, 3.8) is 0 Å². The number of hydrogen-bond acceptors (Lipinski definition) is 3. The van der Waals surface area contributed by atoms with Crippen LogP contribution in [-0.2, 0) is 21.4 Å². The van der Waals surface area contributed by atoms with Crippen LogP contribution in [0.2, 0.25) is 0 Å². The van der Waals surface area contributed by atoms with Crippen LogP contribution in [0, 0.1) is 9.39 Å². The Bertz CT molecular complexity index is 825. The highest BCUT2D eigenvalue weighted by atomic mass is 127. The molecule has 2 rings (SSSR count). The van der Waals surface area contributed by atoms with Crippen LogP contribution in [0.4, 0.5) is 10.1 Å².